The van der Waals surface area contributed by atoms with Gasteiger partial charge in [-0.3, -0.25) is 0 Å². The second-order valence-corrected chi connectivity index (χ2v) is 7.44. The number of benzene rings is 1. The van der Waals surface area contributed by atoms with E-state index in [1.54, 1.807) is 25.7 Å². The van der Waals surface area contributed by atoms with Crippen LogP contribution in [0.5, 0.6) is 5.75 Å². The monoisotopic (exact) mass is 387 g/mol. The third kappa shape index (κ3) is 5.00. The van der Waals surface area contributed by atoms with Crippen molar-refractivity contribution in [2.45, 2.75) is 45.3 Å². The van der Waals surface area contributed by atoms with E-state index in [0.29, 0.717) is 6.54 Å². The molecule has 6 nitrogen and oxygen atoms in total. The van der Waals surface area contributed by atoms with Gasteiger partial charge in [-0.1, -0.05) is 11.6 Å². The molecule has 0 spiro atoms. The van der Waals surface area contributed by atoms with Gasteiger partial charge < -0.3 is 19.1 Å². The Morgan fingerprint density at radius 1 is 1.35 bits per heavy atom. The van der Waals surface area contributed by atoms with Gasteiger partial charge in [-0.05, 0) is 39.7 Å². The van der Waals surface area contributed by atoms with E-state index in [0.717, 1.165) is 26.0 Å². The van der Waals surface area contributed by atoms with Gasteiger partial charge in [0.05, 0.1) is 23.7 Å². The molecule has 2 rings (SSSR count). The van der Waals surface area contributed by atoms with Crippen LogP contribution in [0, 0.1) is 5.82 Å². The molecule has 0 N–H and O–H groups in total. The Kier molecular flexibility index (Phi) is 6.34. The number of ether oxygens (including phenoxy) is 3. The van der Waals surface area contributed by atoms with Gasteiger partial charge in [0.1, 0.15) is 23.8 Å². The van der Waals surface area contributed by atoms with Crippen LogP contribution < -0.4 is 4.74 Å². The molecule has 0 aromatic heterocycles. The highest BCUT2D eigenvalue weighted by atomic mass is 35.5. The van der Waals surface area contributed by atoms with Crippen LogP contribution in [0.4, 0.5) is 9.18 Å². The normalized spacial score (nSPS) is 17.2. The van der Waals surface area contributed by atoms with Crippen molar-refractivity contribution in [2.75, 3.05) is 20.3 Å². The van der Waals surface area contributed by atoms with Crippen molar-refractivity contribution in [2.24, 2.45) is 0 Å². The van der Waals surface area contributed by atoms with Crippen molar-refractivity contribution in [3.8, 4) is 5.75 Å². The first-order valence-electron chi connectivity index (χ1n) is 8.32. The summed E-state index contributed by atoms with van der Waals surface area (Å²) < 4.78 is 29.5. The molecule has 0 saturated carbocycles. The summed E-state index contributed by atoms with van der Waals surface area (Å²) in [6.07, 6.45) is 1.18. The molecule has 0 radical (unpaired) electrons. The number of carbonyl (C=O) groups excluding carboxylic acids is 2. The maximum absolute atomic E-state index is 14.0. The SMILES string of the molecule is COC(=O)c1cc(Cl)c(OC[C@H]2CCCN2C(=O)OC(C)(C)C)cc1F. The number of esters is 1. The van der Waals surface area contributed by atoms with Crippen LogP contribution in [0.15, 0.2) is 12.1 Å². The number of likely N-dealkylation sites (tertiary alicyclic amines) is 1. The zero-order valence-electron chi connectivity index (χ0n) is 15.3. The summed E-state index contributed by atoms with van der Waals surface area (Å²) in [5.41, 5.74) is -0.845. The molecule has 1 fully saturated rings. The molecule has 1 aromatic carbocycles. The van der Waals surface area contributed by atoms with Crippen LogP contribution in [0.25, 0.3) is 0 Å². The summed E-state index contributed by atoms with van der Waals surface area (Å²) in [4.78, 5) is 25.4. The summed E-state index contributed by atoms with van der Waals surface area (Å²) in [5.74, 6) is -1.50. The first kappa shape index (κ1) is 20.3. The molecule has 1 atom stereocenters. The third-order valence-electron chi connectivity index (χ3n) is 3.86. The van der Waals surface area contributed by atoms with Gasteiger partial charge in [0.25, 0.3) is 0 Å². The van der Waals surface area contributed by atoms with E-state index in [9.17, 15) is 14.0 Å². The number of amides is 1. The second kappa shape index (κ2) is 8.12. The van der Waals surface area contributed by atoms with E-state index in [1.165, 1.54) is 6.07 Å². The number of nitrogens with zero attached hydrogens (tertiary/aromatic N) is 1. The van der Waals surface area contributed by atoms with Crippen molar-refractivity contribution in [3.63, 3.8) is 0 Å². The first-order valence-corrected chi connectivity index (χ1v) is 8.70. The van der Waals surface area contributed by atoms with Gasteiger partial charge in [-0.25, -0.2) is 14.0 Å². The van der Waals surface area contributed by atoms with Gasteiger partial charge in [0.15, 0.2) is 0 Å². The summed E-state index contributed by atoms with van der Waals surface area (Å²) in [7, 11) is 1.16. The average molecular weight is 388 g/mol. The molecule has 1 heterocycles. The van der Waals surface area contributed by atoms with Crippen LogP contribution in [0.2, 0.25) is 5.02 Å². The van der Waals surface area contributed by atoms with E-state index in [4.69, 9.17) is 21.1 Å². The molecule has 1 saturated heterocycles. The lowest BCUT2D eigenvalue weighted by molar-refractivity contribution is 0.0187. The molecule has 26 heavy (non-hydrogen) atoms. The molecule has 0 aliphatic carbocycles. The van der Waals surface area contributed by atoms with E-state index >= 15 is 0 Å². The first-order chi connectivity index (χ1) is 12.1. The Balaban J connectivity index is 2.05. The van der Waals surface area contributed by atoms with Gasteiger partial charge in [-0.15, -0.1) is 0 Å². The fourth-order valence-corrected chi connectivity index (χ4v) is 2.88. The Labute approximate surface area is 157 Å². The molecule has 1 aliphatic rings. The third-order valence-corrected chi connectivity index (χ3v) is 4.16. The summed E-state index contributed by atoms with van der Waals surface area (Å²) >= 11 is 6.07. The fraction of sp³-hybridized carbons (Fsp3) is 0.556. The zero-order valence-corrected chi connectivity index (χ0v) is 16.1. The number of methoxy groups -OCH3 is 1. The number of carbonyl (C=O) groups is 2. The highest BCUT2D eigenvalue weighted by molar-refractivity contribution is 6.32. The number of halogens is 2. The van der Waals surface area contributed by atoms with Crippen molar-refractivity contribution in [1.82, 2.24) is 4.90 Å². The largest absolute Gasteiger partial charge is 0.490 e. The van der Waals surface area contributed by atoms with Gasteiger partial charge in [-0.2, -0.15) is 0 Å². The molecule has 1 amide bonds. The maximum Gasteiger partial charge on any atom is 0.410 e. The highest BCUT2D eigenvalue weighted by Gasteiger charge is 2.32. The lowest BCUT2D eigenvalue weighted by Gasteiger charge is -2.28. The average Bonchev–Trinajstić information content (AvgIpc) is 3.01. The fourth-order valence-electron chi connectivity index (χ4n) is 2.66. The van der Waals surface area contributed by atoms with Crippen molar-refractivity contribution in [1.29, 1.82) is 0 Å². The number of hydrogen-bond acceptors (Lipinski definition) is 5. The zero-order chi connectivity index (χ0) is 19.5. The van der Waals surface area contributed by atoms with Crippen LogP contribution in [0.1, 0.15) is 44.0 Å². The van der Waals surface area contributed by atoms with Crippen molar-refractivity contribution in [3.05, 3.63) is 28.5 Å². The van der Waals surface area contributed by atoms with E-state index < -0.39 is 23.5 Å². The van der Waals surface area contributed by atoms with Crippen molar-refractivity contribution >= 4 is 23.7 Å². The molecular weight excluding hydrogens is 365 g/mol. The van der Waals surface area contributed by atoms with E-state index in [1.807, 2.05) is 0 Å². The molecular formula is C18H23ClFNO5. The Morgan fingerprint density at radius 3 is 2.65 bits per heavy atom. The van der Waals surface area contributed by atoms with Gasteiger partial charge in [0, 0.05) is 12.6 Å². The highest BCUT2D eigenvalue weighted by Crippen LogP contribution is 2.29. The van der Waals surface area contributed by atoms with Crippen LogP contribution >= 0.6 is 11.6 Å². The number of hydrogen-bond donors (Lipinski definition) is 0. The van der Waals surface area contributed by atoms with Crippen LogP contribution in [-0.2, 0) is 9.47 Å². The predicted octanol–water partition coefficient (Wildman–Crippen LogP) is 4.04. The van der Waals surface area contributed by atoms with Gasteiger partial charge >= 0.3 is 12.1 Å². The smallest absolute Gasteiger partial charge is 0.410 e. The summed E-state index contributed by atoms with van der Waals surface area (Å²) in [6.45, 7) is 6.13. The van der Waals surface area contributed by atoms with E-state index in [2.05, 4.69) is 4.74 Å². The standard InChI is InChI=1S/C18H23ClFNO5/c1-18(2,3)26-17(23)21-7-5-6-11(21)10-25-15-9-14(20)12(8-13(15)19)16(22)24-4/h8-9,11H,5-7,10H2,1-4H3/t11-/m1/s1. The molecule has 0 bridgehead atoms. The molecule has 8 heteroatoms. The lowest BCUT2D eigenvalue weighted by atomic mass is 10.2. The maximum atomic E-state index is 14.0. The Morgan fingerprint density at radius 2 is 2.04 bits per heavy atom. The Hall–Kier alpha value is -2.02. The van der Waals surface area contributed by atoms with Crippen molar-refractivity contribution < 1.29 is 28.2 Å². The molecule has 1 aliphatic heterocycles. The minimum atomic E-state index is -0.817. The van der Waals surface area contributed by atoms with Crippen LogP contribution in [-0.4, -0.2) is 48.9 Å². The minimum absolute atomic E-state index is 0.0913. The lowest BCUT2D eigenvalue weighted by Crippen LogP contribution is -2.42. The molecule has 1 aromatic rings. The summed E-state index contributed by atoms with van der Waals surface area (Å²) in [6, 6.07) is 2.02. The quantitative estimate of drug-likeness (QED) is 0.729. The molecule has 0 unspecified atom stereocenters. The number of rotatable bonds is 4. The topological polar surface area (TPSA) is 65.1 Å². The summed E-state index contributed by atoms with van der Waals surface area (Å²) in [5, 5.41) is 0.0913. The van der Waals surface area contributed by atoms with E-state index in [-0.39, 0.29) is 29.0 Å². The Bertz CT molecular complexity index is 689. The predicted molar refractivity (Wildman–Crippen MR) is 94.2 cm³/mol. The minimum Gasteiger partial charge on any atom is -0.490 e. The van der Waals surface area contributed by atoms with Gasteiger partial charge in [0.2, 0.25) is 0 Å². The molecule has 144 valence electrons. The second-order valence-electron chi connectivity index (χ2n) is 7.03. The van der Waals surface area contributed by atoms with Crippen LogP contribution in [0.3, 0.4) is 0 Å².